The van der Waals surface area contributed by atoms with Crippen LogP contribution < -0.4 is 20.0 Å². The number of anilines is 3. The van der Waals surface area contributed by atoms with Crippen molar-refractivity contribution in [2.24, 2.45) is 0 Å². The summed E-state index contributed by atoms with van der Waals surface area (Å²) < 4.78 is 20.3. The second-order valence-corrected chi connectivity index (χ2v) is 8.69. The molecule has 1 N–H and O–H groups in total. The Hall–Kier alpha value is -2.58. The summed E-state index contributed by atoms with van der Waals surface area (Å²) in [6.45, 7) is 5.49. The minimum absolute atomic E-state index is 0.326. The molecule has 0 saturated carbocycles. The molecule has 0 spiro atoms. The average molecular weight is 463 g/mol. The first kappa shape index (κ1) is 21.6. The number of amides is 1. The number of carbonyl (C=O) groups excluding carboxylic acids is 1. The SMILES string of the molecule is CC(=S)NC[C@H]1CN(c2ccc(N3CCN(c4cccc(Cl)c4)CC3)c(F)c2)C(=O)O1. The van der Waals surface area contributed by atoms with E-state index >= 15 is 0 Å². The molecule has 4 rings (SSSR count). The molecule has 2 heterocycles. The lowest BCUT2D eigenvalue weighted by Gasteiger charge is -2.37. The summed E-state index contributed by atoms with van der Waals surface area (Å²) in [5.74, 6) is -0.349. The maximum absolute atomic E-state index is 15.0. The van der Waals surface area contributed by atoms with Gasteiger partial charge in [0.1, 0.15) is 11.9 Å². The van der Waals surface area contributed by atoms with E-state index in [9.17, 15) is 9.18 Å². The fourth-order valence-electron chi connectivity index (χ4n) is 3.89. The molecular weight excluding hydrogens is 439 g/mol. The minimum Gasteiger partial charge on any atom is -0.442 e. The quantitative estimate of drug-likeness (QED) is 0.676. The van der Waals surface area contributed by atoms with Gasteiger partial charge in [0.25, 0.3) is 0 Å². The zero-order valence-electron chi connectivity index (χ0n) is 17.2. The number of hydrogen-bond donors (Lipinski definition) is 1. The third-order valence-corrected chi connectivity index (χ3v) is 5.87. The summed E-state index contributed by atoms with van der Waals surface area (Å²) in [6.07, 6.45) is -0.802. The summed E-state index contributed by atoms with van der Waals surface area (Å²) in [5, 5.41) is 3.70. The van der Waals surface area contributed by atoms with Crippen molar-refractivity contribution in [2.45, 2.75) is 13.0 Å². The predicted molar refractivity (Wildman–Crippen MR) is 126 cm³/mol. The van der Waals surface area contributed by atoms with E-state index in [1.165, 1.54) is 11.0 Å². The smallest absolute Gasteiger partial charge is 0.414 e. The van der Waals surface area contributed by atoms with Crippen LogP contribution in [-0.2, 0) is 4.74 Å². The second kappa shape index (κ2) is 9.28. The molecule has 1 atom stereocenters. The van der Waals surface area contributed by atoms with Crippen LogP contribution in [0.2, 0.25) is 5.02 Å². The molecule has 2 saturated heterocycles. The Balaban J connectivity index is 1.39. The molecule has 2 aromatic carbocycles. The van der Waals surface area contributed by atoms with Crippen molar-refractivity contribution in [1.29, 1.82) is 0 Å². The lowest BCUT2D eigenvalue weighted by molar-refractivity contribution is 0.143. The Morgan fingerprint density at radius 3 is 2.58 bits per heavy atom. The standard InChI is InChI=1S/C22H24ClFN4O2S/c1-15(31)25-13-19-14-28(22(29)30-19)18-5-6-21(20(24)12-18)27-9-7-26(8-10-27)17-4-2-3-16(23)11-17/h2-6,11-12,19H,7-10,13-14H2,1H3,(H,25,31)/t19-/m0/s1. The number of thiocarbonyl (C=S) groups is 1. The van der Waals surface area contributed by atoms with E-state index in [1.807, 2.05) is 29.2 Å². The highest BCUT2D eigenvalue weighted by molar-refractivity contribution is 7.80. The molecule has 9 heteroatoms. The molecular formula is C22H24ClFN4O2S. The molecule has 0 aromatic heterocycles. The summed E-state index contributed by atoms with van der Waals surface area (Å²) >= 11 is 11.1. The van der Waals surface area contributed by atoms with Crippen LogP contribution in [0.4, 0.5) is 26.2 Å². The first-order chi connectivity index (χ1) is 14.9. The van der Waals surface area contributed by atoms with E-state index in [2.05, 4.69) is 10.2 Å². The molecule has 164 valence electrons. The van der Waals surface area contributed by atoms with Crippen LogP contribution in [0.1, 0.15) is 6.92 Å². The average Bonchev–Trinajstić information content (AvgIpc) is 3.13. The zero-order chi connectivity index (χ0) is 22.0. The fraction of sp³-hybridized carbons (Fsp3) is 0.364. The van der Waals surface area contributed by atoms with Gasteiger partial charge in [0.15, 0.2) is 0 Å². The van der Waals surface area contributed by atoms with Crippen LogP contribution in [0, 0.1) is 5.82 Å². The van der Waals surface area contributed by atoms with Gasteiger partial charge in [-0.3, -0.25) is 4.90 Å². The van der Waals surface area contributed by atoms with E-state index in [4.69, 9.17) is 28.6 Å². The molecule has 0 aliphatic carbocycles. The molecule has 31 heavy (non-hydrogen) atoms. The molecule has 0 radical (unpaired) electrons. The number of halogens is 2. The van der Waals surface area contributed by atoms with Crippen LogP contribution in [0.15, 0.2) is 42.5 Å². The van der Waals surface area contributed by atoms with Crippen molar-refractivity contribution >= 4 is 52.0 Å². The summed E-state index contributed by atoms with van der Waals surface area (Å²) in [6, 6.07) is 12.7. The second-order valence-electron chi connectivity index (χ2n) is 7.64. The van der Waals surface area contributed by atoms with E-state index < -0.39 is 6.09 Å². The summed E-state index contributed by atoms with van der Waals surface area (Å²) in [4.78, 5) is 18.6. The van der Waals surface area contributed by atoms with Crippen LogP contribution in [0.25, 0.3) is 0 Å². The zero-order valence-corrected chi connectivity index (χ0v) is 18.8. The number of benzene rings is 2. The largest absolute Gasteiger partial charge is 0.442 e. The van der Waals surface area contributed by atoms with Gasteiger partial charge in [-0.05, 0) is 43.3 Å². The Bertz CT molecular complexity index is 984. The van der Waals surface area contributed by atoms with Gasteiger partial charge < -0.3 is 19.9 Å². The van der Waals surface area contributed by atoms with E-state index in [1.54, 1.807) is 19.1 Å². The number of ether oxygens (including phenoxy) is 1. The Labute approximate surface area is 191 Å². The van der Waals surface area contributed by atoms with Crippen molar-refractivity contribution in [3.05, 3.63) is 53.3 Å². The Kier molecular flexibility index (Phi) is 6.48. The maximum Gasteiger partial charge on any atom is 0.414 e. The normalized spacial score (nSPS) is 18.9. The molecule has 2 aromatic rings. The molecule has 2 fully saturated rings. The van der Waals surface area contributed by atoms with Crippen LogP contribution >= 0.6 is 23.8 Å². The third kappa shape index (κ3) is 5.02. The van der Waals surface area contributed by atoms with Gasteiger partial charge >= 0.3 is 6.09 Å². The molecule has 0 bridgehead atoms. The Morgan fingerprint density at radius 1 is 1.16 bits per heavy atom. The van der Waals surface area contributed by atoms with Crippen LogP contribution in [0.3, 0.4) is 0 Å². The maximum atomic E-state index is 15.0. The van der Waals surface area contributed by atoms with Crippen LogP contribution in [0.5, 0.6) is 0 Å². The number of carbonyl (C=O) groups is 1. The highest BCUT2D eigenvalue weighted by Crippen LogP contribution is 2.29. The molecule has 1 amide bonds. The van der Waals surface area contributed by atoms with Gasteiger partial charge in [0.05, 0.1) is 29.5 Å². The molecule has 6 nitrogen and oxygen atoms in total. The van der Waals surface area contributed by atoms with E-state index in [0.717, 1.165) is 18.8 Å². The van der Waals surface area contributed by atoms with Gasteiger partial charge in [0.2, 0.25) is 0 Å². The lowest BCUT2D eigenvalue weighted by Crippen LogP contribution is -2.46. The van der Waals surface area contributed by atoms with Gasteiger partial charge in [-0.25, -0.2) is 9.18 Å². The number of nitrogens with one attached hydrogen (secondary N) is 1. The van der Waals surface area contributed by atoms with E-state index in [-0.39, 0.29) is 11.9 Å². The number of hydrogen-bond acceptors (Lipinski definition) is 5. The van der Waals surface area contributed by atoms with Gasteiger partial charge in [0, 0.05) is 36.9 Å². The van der Waals surface area contributed by atoms with Crippen molar-refractivity contribution in [3.8, 4) is 0 Å². The highest BCUT2D eigenvalue weighted by Gasteiger charge is 2.33. The van der Waals surface area contributed by atoms with Crippen molar-refractivity contribution in [2.75, 3.05) is 54.0 Å². The number of rotatable bonds is 5. The number of piperazine rings is 1. The molecule has 0 unspecified atom stereocenters. The molecule has 2 aliphatic heterocycles. The van der Waals surface area contributed by atoms with Gasteiger partial charge in [-0.1, -0.05) is 29.9 Å². The molecule has 2 aliphatic rings. The topological polar surface area (TPSA) is 48.0 Å². The van der Waals surface area contributed by atoms with E-state index in [0.29, 0.717) is 47.6 Å². The number of nitrogens with zero attached hydrogens (tertiary/aromatic N) is 3. The summed E-state index contributed by atoms with van der Waals surface area (Å²) in [7, 11) is 0. The van der Waals surface area contributed by atoms with Gasteiger partial charge in [-0.2, -0.15) is 0 Å². The highest BCUT2D eigenvalue weighted by atomic mass is 35.5. The first-order valence-electron chi connectivity index (χ1n) is 10.2. The fourth-order valence-corrected chi connectivity index (χ4v) is 4.16. The van der Waals surface area contributed by atoms with Crippen molar-refractivity contribution in [3.63, 3.8) is 0 Å². The third-order valence-electron chi connectivity index (χ3n) is 5.49. The predicted octanol–water partition coefficient (Wildman–Crippen LogP) is 4.07. The van der Waals surface area contributed by atoms with Crippen molar-refractivity contribution < 1.29 is 13.9 Å². The number of cyclic esters (lactones) is 1. The van der Waals surface area contributed by atoms with Gasteiger partial charge in [-0.15, -0.1) is 0 Å². The van der Waals surface area contributed by atoms with Crippen LogP contribution in [-0.4, -0.2) is 56.5 Å². The first-order valence-corrected chi connectivity index (χ1v) is 11.0. The van der Waals surface area contributed by atoms with Crippen molar-refractivity contribution in [1.82, 2.24) is 5.32 Å². The minimum atomic E-state index is -0.476. The monoisotopic (exact) mass is 462 g/mol. The summed E-state index contributed by atoms with van der Waals surface area (Å²) in [5.41, 5.74) is 2.10. The lowest BCUT2D eigenvalue weighted by atomic mass is 10.2. The Morgan fingerprint density at radius 2 is 1.90 bits per heavy atom.